The van der Waals surface area contributed by atoms with E-state index in [1.807, 2.05) is 0 Å². The van der Waals surface area contributed by atoms with Crippen molar-refractivity contribution in [2.45, 2.75) is 18.4 Å². The molecule has 108 valence electrons. The lowest BCUT2D eigenvalue weighted by Gasteiger charge is -2.24. The molecule has 1 unspecified atom stereocenters. The second-order valence-corrected chi connectivity index (χ2v) is 6.13. The third kappa shape index (κ3) is 3.07. The average Bonchev–Trinajstić information content (AvgIpc) is 2.84. The maximum atomic E-state index is 13.6. The van der Waals surface area contributed by atoms with Gasteiger partial charge in [-0.3, -0.25) is 4.79 Å². The molecule has 1 aliphatic rings. The third-order valence-electron chi connectivity index (χ3n) is 3.21. The number of carbonyl (C=O) groups excluding carboxylic acids is 1. The summed E-state index contributed by atoms with van der Waals surface area (Å²) >= 11 is 7.32. The molecule has 1 heterocycles. The number of carbonyl (C=O) groups is 2. The molecule has 2 rings (SSSR count). The van der Waals surface area contributed by atoms with Crippen molar-refractivity contribution < 1.29 is 19.1 Å². The largest absolute Gasteiger partial charge is 0.479 e. The number of carboxylic acid groups (broad SMARTS) is 1. The van der Waals surface area contributed by atoms with Gasteiger partial charge in [0.2, 0.25) is 5.91 Å². The van der Waals surface area contributed by atoms with Gasteiger partial charge in [-0.15, -0.1) is 0 Å². The fourth-order valence-electron chi connectivity index (χ4n) is 2.06. The van der Waals surface area contributed by atoms with E-state index >= 15 is 0 Å². The first-order valence-electron chi connectivity index (χ1n) is 6.00. The number of benzene rings is 1. The van der Waals surface area contributed by atoms with Gasteiger partial charge in [-0.05, 0) is 24.3 Å². The summed E-state index contributed by atoms with van der Waals surface area (Å²) in [6.45, 7) is 0. The van der Waals surface area contributed by atoms with Crippen LogP contribution in [-0.2, 0) is 16.0 Å². The van der Waals surface area contributed by atoms with Crippen molar-refractivity contribution in [3.8, 4) is 0 Å². The van der Waals surface area contributed by atoms with E-state index in [0.29, 0.717) is 17.9 Å². The van der Waals surface area contributed by atoms with Crippen LogP contribution in [0.15, 0.2) is 18.2 Å². The van der Waals surface area contributed by atoms with Crippen molar-refractivity contribution in [1.82, 2.24) is 5.32 Å². The van der Waals surface area contributed by atoms with Crippen LogP contribution < -0.4 is 5.32 Å². The van der Waals surface area contributed by atoms with Crippen molar-refractivity contribution in [2.24, 2.45) is 0 Å². The molecule has 2 N–H and O–H groups in total. The second-order valence-electron chi connectivity index (χ2n) is 4.62. The second kappa shape index (κ2) is 6.01. The summed E-state index contributed by atoms with van der Waals surface area (Å²) in [5, 5.41) is 11.9. The molecule has 0 aliphatic carbocycles. The molecular weight excluding hydrogens is 305 g/mol. The average molecular weight is 318 g/mol. The fraction of sp³-hybridized carbons (Fsp3) is 0.385. The number of rotatable bonds is 4. The van der Waals surface area contributed by atoms with E-state index in [4.69, 9.17) is 11.6 Å². The first kappa shape index (κ1) is 15.1. The molecule has 0 saturated carbocycles. The molecule has 7 heteroatoms. The predicted molar refractivity (Wildman–Crippen MR) is 75.6 cm³/mol. The van der Waals surface area contributed by atoms with Gasteiger partial charge >= 0.3 is 5.97 Å². The number of carboxylic acids is 1. The van der Waals surface area contributed by atoms with Crippen LogP contribution in [0.1, 0.15) is 12.0 Å². The predicted octanol–water partition coefficient (Wildman–Crippen LogP) is 2.10. The molecule has 1 aromatic carbocycles. The molecule has 1 amide bonds. The highest BCUT2D eigenvalue weighted by Crippen LogP contribution is 2.28. The van der Waals surface area contributed by atoms with E-state index in [-0.39, 0.29) is 17.0 Å². The molecule has 0 bridgehead atoms. The lowest BCUT2D eigenvalue weighted by Crippen LogP contribution is -2.55. The molecule has 0 aromatic heterocycles. The van der Waals surface area contributed by atoms with Crippen molar-refractivity contribution in [3.63, 3.8) is 0 Å². The Labute approximate surface area is 124 Å². The highest BCUT2D eigenvalue weighted by molar-refractivity contribution is 7.99. The Morgan fingerprint density at radius 2 is 2.25 bits per heavy atom. The van der Waals surface area contributed by atoms with Crippen LogP contribution in [0.5, 0.6) is 0 Å². The fourth-order valence-corrected chi connectivity index (χ4v) is 3.61. The molecule has 0 radical (unpaired) electrons. The van der Waals surface area contributed by atoms with Crippen LogP contribution in [0.3, 0.4) is 0 Å². The minimum absolute atomic E-state index is 0.0813. The van der Waals surface area contributed by atoms with Gasteiger partial charge in [-0.1, -0.05) is 17.7 Å². The molecule has 0 spiro atoms. The zero-order chi connectivity index (χ0) is 14.8. The summed E-state index contributed by atoms with van der Waals surface area (Å²) < 4.78 is 13.6. The van der Waals surface area contributed by atoms with E-state index in [1.54, 1.807) is 0 Å². The molecule has 4 nitrogen and oxygen atoms in total. The lowest BCUT2D eigenvalue weighted by molar-refractivity contribution is -0.146. The molecule has 1 aromatic rings. The summed E-state index contributed by atoms with van der Waals surface area (Å²) in [5.41, 5.74) is -1.17. The van der Waals surface area contributed by atoms with Crippen LogP contribution in [-0.4, -0.2) is 34.0 Å². The zero-order valence-corrected chi connectivity index (χ0v) is 12.1. The van der Waals surface area contributed by atoms with Gasteiger partial charge in [0, 0.05) is 16.3 Å². The van der Waals surface area contributed by atoms with Crippen LogP contribution in [0.2, 0.25) is 5.02 Å². The summed E-state index contributed by atoms with van der Waals surface area (Å²) in [7, 11) is 0. The van der Waals surface area contributed by atoms with E-state index in [9.17, 15) is 19.1 Å². The molecule has 1 fully saturated rings. The van der Waals surface area contributed by atoms with Gasteiger partial charge in [0.1, 0.15) is 11.4 Å². The summed E-state index contributed by atoms with van der Waals surface area (Å²) in [6.07, 6.45) is 0.0922. The van der Waals surface area contributed by atoms with E-state index in [2.05, 4.69) is 5.32 Å². The smallest absolute Gasteiger partial charge is 0.330 e. The quantitative estimate of drug-likeness (QED) is 0.892. The van der Waals surface area contributed by atoms with Crippen molar-refractivity contribution in [1.29, 1.82) is 0 Å². The number of amides is 1. The Bertz CT molecular complexity index is 526. The molecular formula is C13H13ClFNO3S. The standard InChI is InChI=1S/C13H13ClFNO3S/c14-9-2-1-3-10(15)8(9)6-11(17)16-13(12(18)19)4-5-20-7-13/h1-3H,4-7H2,(H,16,17)(H,18,19). The summed E-state index contributed by atoms with van der Waals surface area (Å²) in [5.74, 6) is -1.18. The normalized spacial score (nSPS) is 21.7. The molecule has 1 atom stereocenters. The van der Waals surface area contributed by atoms with Gasteiger partial charge < -0.3 is 10.4 Å². The van der Waals surface area contributed by atoms with Crippen LogP contribution in [0.4, 0.5) is 4.39 Å². The number of aliphatic carboxylic acids is 1. The van der Waals surface area contributed by atoms with Gasteiger partial charge in [0.05, 0.1) is 6.42 Å². The maximum absolute atomic E-state index is 13.6. The van der Waals surface area contributed by atoms with E-state index < -0.39 is 23.2 Å². The number of halogens is 2. The molecule has 1 saturated heterocycles. The topological polar surface area (TPSA) is 66.4 Å². The zero-order valence-electron chi connectivity index (χ0n) is 10.5. The molecule has 1 aliphatic heterocycles. The minimum atomic E-state index is -1.25. The number of hydrogen-bond donors (Lipinski definition) is 2. The monoisotopic (exact) mass is 317 g/mol. The van der Waals surface area contributed by atoms with Gasteiger partial charge in [0.15, 0.2) is 0 Å². The van der Waals surface area contributed by atoms with Crippen LogP contribution in [0, 0.1) is 5.82 Å². The minimum Gasteiger partial charge on any atom is -0.479 e. The van der Waals surface area contributed by atoms with Crippen molar-refractivity contribution >= 4 is 35.2 Å². The Hall–Kier alpha value is -1.27. The first-order chi connectivity index (χ1) is 9.44. The van der Waals surface area contributed by atoms with Crippen LogP contribution in [0.25, 0.3) is 0 Å². The Kier molecular flexibility index (Phi) is 4.55. The number of hydrogen-bond acceptors (Lipinski definition) is 3. The van der Waals surface area contributed by atoms with Gasteiger partial charge in [-0.25, -0.2) is 9.18 Å². The number of nitrogens with one attached hydrogen (secondary N) is 1. The highest BCUT2D eigenvalue weighted by Gasteiger charge is 2.43. The Morgan fingerprint density at radius 1 is 1.50 bits per heavy atom. The SMILES string of the molecule is O=C(Cc1c(F)cccc1Cl)NC1(C(=O)O)CCSC1. The summed E-state index contributed by atoms with van der Waals surface area (Å²) in [6, 6.07) is 4.16. The first-order valence-corrected chi connectivity index (χ1v) is 7.53. The maximum Gasteiger partial charge on any atom is 0.330 e. The van der Waals surface area contributed by atoms with E-state index in [0.717, 1.165) is 0 Å². The summed E-state index contributed by atoms with van der Waals surface area (Å²) in [4.78, 5) is 23.3. The van der Waals surface area contributed by atoms with E-state index in [1.165, 1.54) is 30.0 Å². The lowest BCUT2D eigenvalue weighted by atomic mass is 9.98. The number of thioether (sulfide) groups is 1. The third-order valence-corrected chi connectivity index (χ3v) is 4.75. The molecule has 20 heavy (non-hydrogen) atoms. The highest BCUT2D eigenvalue weighted by atomic mass is 35.5. The Morgan fingerprint density at radius 3 is 2.80 bits per heavy atom. The van der Waals surface area contributed by atoms with Crippen molar-refractivity contribution in [3.05, 3.63) is 34.6 Å². The van der Waals surface area contributed by atoms with Gasteiger partial charge in [-0.2, -0.15) is 11.8 Å². The van der Waals surface area contributed by atoms with Crippen molar-refractivity contribution in [2.75, 3.05) is 11.5 Å². The van der Waals surface area contributed by atoms with Gasteiger partial charge in [0.25, 0.3) is 0 Å². The van der Waals surface area contributed by atoms with Crippen LogP contribution >= 0.6 is 23.4 Å². The Balaban J connectivity index is 2.11.